The van der Waals surface area contributed by atoms with E-state index in [0.29, 0.717) is 5.17 Å². The number of anilines is 1. The molecule has 0 saturated carbocycles. The standard InChI is InChI=1S/C19H21N7O3S/c1-3-25(10-11-26-9-8-20-24-26)15-6-4-14(5-7-15)13-21-23-19-22-18(28)16(30-19)12-17(27)29-2/h4-9,12-13H,3,10-11H2,1-2H3,(H,22,23,28)/b16-12+,21-13?. The van der Waals surface area contributed by atoms with Gasteiger partial charge in [-0.05, 0) is 36.4 Å². The van der Waals surface area contributed by atoms with Gasteiger partial charge in [0.15, 0.2) is 5.17 Å². The molecule has 1 amide bonds. The van der Waals surface area contributed by atoms with Crippen LogP contribution in [-0.2, 0) is 20.9 Å². The molecule has 1 fully saturated rings. The van der Waals surface area contributed by atoms with E-state index in [4.69, 9.17) is 0 Å². The molecular formula is C19H21N7O3S. The molecular weight excluding hydrogens is 406 g/mol. The maximum absolute atomic E-state index is 11.8. The predicted octanol–water partition coefficient (Wildman–Crippen LogP) is 1.41. The Morgan fingerprint density at radius 3 is 2.83 bits per heavy atom. The lowest BCUT2D eigenvalue weighted by atomic mass is 10.2. The van der Waals surface area contributed by atoms with Crippen LogP contribution in [0.4, 0.5) is 5.69 Å². The van der Waals surface area contributed by atoms with Crippen molar-refractivity contribution in [2.75, 3.05) is 25.1 Å². The SMILES string of the molecule is CCN(CCn1ccnn1)c1ccc(C=N/N=C2/NC(=O)/C(=C\C(=O)OC)S2)cc1. The summed E-state index contributed by atoms with van der Waals surface area (Å²) in [6.45, 7) is 4.54. The highest BCUT2D eigenvalue weighted by molar-refractivity contribution is 8.18. The molecule has 0 aliphatic carbocycles. The van der Waals surface area contributed by atoms with Crippen molar-refractivity contribution in [3.05, 3.63) is 53.2 Å². The number of benzene rings is 1. The quantitative estimate of drug-likeness (QED) is 0.293. The van der Waals surface area contributed by atoms with Crippen LogP contribution >= 0.6 is 11.8 Å². The number of nitrogens with zero attached hydrogens (tertiary/aromatic N) is 6. The van der Waals surface area contributed by atoms with Crippen molar-refractivity contribution in [2.45, 2.75) is 13.5 Å². The highest BCUT2D eigenvalue weighted by Gasteiger charge is 2.24. The van der Waals surface area contributed by atoms with E-state index in [9.17, 15) is 9.59 Å². The van der Waals surface area contributed by atoms with Crippen molar-refractivity contribution in [1.82, 2.24) is 20.3 Å². The number of carbonyl (C=O) groups is 2. The van der Waals surface area contributed by atoms with E-state index in [1.54, 1.807) is 17.1 Å². The molecule has 11 heteroatoms. The topological polar surface area (TPSA) is 114 Å². The van der Waals surface area contributed by atoms with Crippen molar-refractivity contribution in [1.29, 1.82) is 0 Å². The molecule has 2 aromatic rings. The zero-order valence-corrected chi connectivity index (χ0v) is 17.4. The lowest BCUT2D eigenvalue weighted by Crippen LogP contribution is -2.27. The minimum absolute atomic E-state index is 0.214. The van der Waals surface area contributed by atoms with Crippen LogP contribution in [0.15, 0.2) is 57.8 Å². The number of rotatable bonds is 8. The van der Waals surface area contributed by atoms with Gasteiger partial charge in [-0.3, -0.25) is 14.8 Å². The Labute approximate surface area is 177 Å². The van der Waals surface area contributed by atoms with E-state index in [1.807, 2.05) is 30.5 Å². The van der Waals surface area contributed by atoms with Crippen LogP contribution in [0.3, 0.4) is 0 Å². The first kappa shape index (κ1) is 21.2. The maximum atomic E-state index is 11.8. The lowest BCUT2D eigenvalue weighted by molar-refractivity contribution is -0.135. The fourth-order valence-corrected chi connectivity index (χ4v) is 3.34. The second-order valence-corrected chi connectivity index (χ2v) is 7.11. The zero-order valence-electron chi connectivity index (χ0n) is 16.6. The molecule has 30 heavy (non-hydrogen) atoms. The van der Waals surface area contributed by atoms with Gasteiger partial charge >= 0.3 is 5.97 Å². The minimum Gasteiger partial charge on any atom is -0.466 e. The van der Waals surface area contributed by atoms with Gasteiger partial charge in [-0.2, -0.15) is 5.10 Å². The predicted molar refractivity (Wildman–Crippen MR) is 115 cm³/mol. The number of hydrogen-bond donors (Lipinski definition) is 1. The fraction of sp³-hybridized carbons (Fsp3) is 0.263. The molecule has 0 atom stereocenters. The molecule has 1 aliphatic heterocycles. The summed E-state index contributed by atoms with van der Waals surface area (Å²) in [6.07, 6.45) is 6.22. The van der Waals surface area contributed by atoms with Gasteiger partial charge in [0.25, 0.3) is 5.91 Å². The molecule has 3 rings (SSSR count). The highest BCUT2D eigenvalue weighted by Crippen LogP contribution is 2.23. The number of likely N-dealkylation sites (N-methyl/N-ethyl adjacent to an activating group) is 1. The number of methoxy groups -OCH3 is 1. The van der Waals surface area contributed by atoms with E-state index >= 15 is 0 Å². The summed E-state index contributed by atoms with van der Waals surface area (Å²) in [7, 11) is 1.25. The van der Waals surface area contributed by atoms with Crippen LogP contribution in [-0.4, -0.2) is 58.5 Å². The molecule has 0 radical (unpaired) electrons. The van der Waals surface area contributed by atoms with Crippen LogP contribution in [0.25, 0.3) is 0 Å². The monoisotopic (exact) mass is 427 g/mol. The molecule has 0 bridgehead atoms. The second kappa shape index (κ2) is 10.3. The molecule has 0 spiro atoms. The van der Waals surface area contributed by atoms with E-state index in [1.165, 1.54) is 7.11 Å². The molecule has 1 aromatic carbocycles. The first-order valence-electron chi connectivity index (χ1n) is 9.18. The Bertz CT molecular complexity index is 969. The highest BCUT2D eigenvalue weighted by atomic mass is 32.2. The number of aromatic nitrogens is 3. The van der Waals surface area contributed by atoms with Gasteiger partial charge in [-0.25, -0.2) is 4.79 Å². The summed E-state index contributed by atoms with van der Waals surface area (Å²) in [4.78, 5) is 25.5. The Hall–Kier alpha value is -3.47. The Morgan fingerprint density at radius 2 is 2.17 bits per heavy atom. The average molecular weight is 427 g/mol. The number of esters is 1. The van der Waals surface area contributed by atoms with Gasteiger partial charge in [0, 0.05) is 31.0 Å². The molecule has 1 saturated heterocycles. The maximum Gasteiger partial charge on any atom is 0.331 e. The number of amidine groups is 1. The number of thioether (sulfide) groups is 1. The molecule has 156 valence electrons. The number of carbonyl (C=O) groups excluding carboxylic acids is 2. The summed E-state index contributed by atoms with van der Waals surface area (Å²) in [5, 5.41) is 18.6. The normalized spacial score (nSPS) is 16.4. The van der Waals surface area contributed by atoms with Crippen molar-refractivity contribution in [2.24, 2.45) is 10.2 Å². The number of ether oxygens (including phenoxy) is 1. The Kier molecular flexibility index (Phi) is 7.33. The van der Waals surface area contributed by atoms with E-state index < -0.39 is 11.9 Å². The first-order chi connectivity index (χ1) is 14.6. The Morgan fingerprint density at radius 1 is 1.37 bits per heavy atom. The fourth-order valence-electron chi connectivity index (χ4n) is 2.61. The van der Waals surface area contributed by atoms with E-state index in [-0.39, 0.29) is 4.91 Å². The first-order valence-corrected chi connectivity index (χ1v) is 9.99. The third-order valence-corrected chi connectivity index (χ3v) is 5.07. The molecule has 1 aliphatic rings. The van der Waals surface area contributed by atoms with Crippen LogP contribution < -0.4 is 10.2 Å². The summed E-state index contributed by atoms with van der Waals surface area (Å²) >= 11 is 1.03. The van der Waals surface area contributed by atoms with Crippen molar-refractivity contribution >= 4 is 40.7 Å². The Balaban J connectivity index is 1.57. The summed E-state index contributed by atoms with van der Waals surface area (Å²) in [5.41, 5.74) is 1.97. The zero-order chi connectivity index (χ0) is 21.3. The van der Waals surface area contributed by atoms with Crippen molar-refractivity contribution < 1.29 is 14.3 Å². The van der Waals surface area contributed by atoms with Gasteiger partial charge < -0.3 is 9.64 Å². The molecule has 1 aromatic heterocycles. The summed E-state index contributed by atoms with van der Waals surface area (Å²) in [5.74, 6) is -1.01. The van der Waals surface area contributed by atoms with Gasteiger partial charge in [0.2, 0.25) is 0 Å². The lowest BCUT2D eigenvalue weighted by Gasteiger charge is -2.23. The van der Waals surface area contributed by atoms with Crippen molar-refractivity contribution in [3.63, 3.8) is 0 Å². The largest absolute Gasteiger partial charge is 0.466 e. The number of nitrogens with one attached hydrogen (secondary N) is 1. The molecule has 0 unspecified atom stereocenters. The van der Waals surface area contributed by atoms with Crippen LogP contribution in [0.1, 0.15) is 12.5 Å². The second-order valence-electron chi connectivity index (χ2n) is 6.07. The summed E-state index contributed by atoms with van der Waals surface area (Å²) < 4.78 is 6.31. The number of amides is 1. The van der Waals surface area contributed by atoms with E-state index in [0.717, 1.165) is 48.7 Å². The smallest absolute Gasteiger partial charge is 0.331 e. The molecule has 1 N–H and O–H groups in total. The van der Waals surface area contributed by atoms with Crippen LogP contribution in [0.5, 0.6) is 0 Å². The van der Waals surface area contributed by atoms with Crippen LogP contribution in [0, 0.1) is 0 Å². The molecule has 10 nitrogen and oxygen atoms in total. The average Bonchev–Trinajstić information content (AvgIpc) is 3.39. The van der Waals surface area contributed by atoms with Gasteiger partial charge in [0.1, 0.15) is 0 Å². The van der Waals surface area contributed by atoms with Gasteiger partial charge in [0.05, 0.1) is 31.0 Å². The minimum atomic E-state index is -0.597. The number of hydrogen-bond acceptors (Lipinski definition) is 9. The third-order valence-electron chi connectivity index (χ3n) is 4.17. The van der Waals surface area contributed by atoms with Gasteiger partial charge in [-0.15, -0.1) is 10.2 Å². The van der Waals surface area contributed by atoms with Crippen molar-refractivity contribution in [3.8, 4) is 0 Å². The summed E-state index contributed by atoms with van der Waals surface area (Å²) in [6, 6.07) is 7.92. The molecule has 2 heterocycles. The third kappa shape index (κ3) is 5.77. The van der Waals surface area contributed by atoms with Gasteiger partial charge in [-0.1, -0.05) is 17.3 Å². The van der Waals surface area contributed by atoms with E-state index in [2.05, 4.69) is 42.4 Å². The van der Waals surface area contributed by atoms with Crippen LogP contribution in [0.2, 0.25) is 0 Å².